The molecule has 14 heteroatoms. The number of halogens is 7. The molecule has 0 radical (unpaired) electrons. The first-order valence-electron chi connectivity index (χ1n) is 14.4. The quantitative estimate of drug-likeness (QED) is 0.319. The van der Waals surface area contributed by atoms with Gasteiger partial charge in [0.15, 0.2) is 16.1 Å². The number of aliphatic hydroxyl groups excluding tert-OH is 1. The Bertz CT molecular complexity index is 1490. The number of fused-ring (bicyclic) bond motifs is 1. The second kappa shape index (κ2) is 11.3. The SMILES string of the molecule is O=C(C1CCC(C(O)O)CC1)N1CCC(c2ccc(C(F)(C(F)(F)F)C(F)(F)F)cc2)(S(=O)(=O)c2ccc3c(c2)CCC3)C1. The highest BCUT2D eigenvalue weighted by Crippen LogP contribution is 2.54. The minimum absolute atomic E-state index is 0.0501. The molecule has 6 nitrogen and oxygen atoms in total. The summed E-state index contributed by atoms with van der Waals surface area (Å²) in [4.78, 5) is 14.8. The molecule has 1 heterocycles. The molecule has 1 saturated heterocycles. The third-order valence-electron chi connectivity index (χ3n) is 9.57. The molecule has 242 valence electrons. The van der Waals surface area contributed by atoms with Crippen LogP contribution in [0.2, 0.25) is 0 Å². The molecule has 44 heavy (non-hydrogen) atoms. The molecule has 5 rings (SSSR count). The largest absolute Gasteiger partial charge is 0.435 e. The van der Waals surface area contributed by atoms with Gasteiger partial charge >= 0.3 is 18.0 Å². The number of amides is 1. The molecule has 1 saturated carbocycles. The van der Waals surface area contributed by atoms with Crippen molar-refractivity contribution in [1.82, 2.24) is 4.90 Å². The zero-order chi connectivity index (χ0) is 32.3. The van der Waals surface area contributed by atoms with Crippen LogP contribution < -0.4 is 0 Å². The second-order valence-electron chi connectivity index (χ2n) is 12.0. The van der Waals surface area contributed by atoms with Crippen molar-refractivity contribution >= 4 is 15.7 Å². The Kier molecular flexibility index (Phi) is 8.37. The summed E-state index contributed by atoms with van der Waals surface area (Å²) in [5.41, 5.74) is -5.77. The standard InChI is InChI=1S/C30H32F7NO5S/c31-28(29(32,33)34,30(35,36)37)23-11-9-22(10-12-23)27(44(42,43)24-13-8-18-2-1-3-21(18)16-24)14-15-38(17-27)25(39)19-4-6-20(7-5-19)26(40)41/h8-13,16,19-20,26,40-41H,1-7,14-15,17H2. The fraction of sp³-hybridized carbons (Fsp3) is 0.567. The van der Waals surface area contributed by atoms with Crippen LogP contribution in [0.15, 0.2) is 47.4 Å². The maximum atomic E-state index is 14.8. The zero-order valence-electron chi connectivity index (χ0n) is 23.5. The van der Waals surface area contributed by atoms with Crippen molar-refractivity contribution in [3.63, 3.8) is 0 Å². The zero-order valence-corrected chi connectivity index (χ0v) is 24.3. The van der Waals surface area contributed by atoms with Gasteiger partial charge in [0.1, 0.15) is 4.75 Å². The average Bonchev–Trinajstić information content (AvgIpc) is 3.63. The molecule has 2 aromatic rings. The van der Waals surface area contributed by atoms with E-state index in [9.17, 15) is 54.2 Å². The van der Waals surface area contributed by atoms with Gasteiger partial charge in [0.05, 0.1) is 4.90 Å². The summed E-state index contributed by atoms with van der Waals surface area (Å²) in [6, 6.07) is 6.79. The normalized spacial score (nSPS) is 25.0. The average molecular weight is 652 g/mol. The van der Waals surface area contributed by atoms with E-state index >= 15 is 0 Å². The number of carbonyl (C=O) groups excluding carboxylic acids is 1. The van der Waals surface area contributed by atoms with Crippen LogP contribution in [-0.4, -0.2) is 61.2 Å². The van der Waals surface area contributed by atoms with Gasteiger partial charge in [-0.3, -0.25) is 4.79 Å². The number of benzene rings is 2. The van der Waals surface area contributed by atoms with Gasteiger partial charge in [-0.1, -0.05) is 30.3 Å². The highest BCUT2D eigenvalue weighted by atomic mass is 32.2. The number of aryl methyl sites for hydroxylation is 2. The van der Waals surface area contributed by atoms with Gasteiger partial charge in [-0.25, -0.2) is 12.8 Å². The lowest BCUT2D eigenvalue weighted by molar-refractivity contribution is -0.348. The number of carbonyl (C=O) groups is 1. The molecule has 1 aliphatic heterocycles. The summed E-state index contributed by atoms with van der Waals surface area (Å²) in [5, 5.41) is 18.9. The lowest BCUT2D eigenvalue weighted by Crippen LogP contribution is -2.50. The minimum Gasteiger partial charge on any atom is -0.368 e. The second-order valence-corrected chi connectivity index (χ2v) is 14.3. The van der Waals surface area contributed by atoms with Crippen molar-refractivity contribution in [2.75, 3.05) is 13.1 Å². The summed E-state index contributed by atoms with van der Waals surface area (Å²) < 4.78 is 122. The molecule has 1 unspecified atom stereocenters. The highest BCUT2D eigenvalue weighted by molar-refractivity contribution is 7.92. The van der Waals surface area contributed by atoms with E-state index in [2.05, 4.69) is 0 Å². The van der Waals surface area contributed by atoms with Gasteiger partial charge in [0.2, 0.25) is 5.91 Å². The van der Waals surface area contributed by atoms with E-state index in [1.54, 1.807) is 6.07 Å². The molecule has 0 aromatic heterocycles. The predicted molar refractivity (Wildman–Crippen MR) is 144 cm³/mol. The van der Waals surface area contributed by atoms with Crippen LogP contribution in [0.4, 0.5) is 30.7 Å². The van der Waals surface area contributed by atoms with E-state index < -0.39 is 62.8 Å². The maximum absolute atomic E-state index is 14.8. The van der Waals surface area contributed by atoms with Crippen LogP contribution in [0.25, 0.3) is 0 Å². The Labute approximate surface area is 249 Å². The number of hydrogen-bond acceptors (Lipinski definition) is 5. The number of hydrogen-bond donors (Lipinski definition) is 2. The van der Waals surface area contributed by atoms with E-state index in [1.165, 1.54) is 17.0 Å². The third-order valence-corrected chi connectivity index (χ3v) is 12.0. The van der Waals surface area contributed by atoms with Crippen LogP contribution in [0.1, 0.15) is 60.8 Å². The Balaban J connectivity index is 1.54. The van der Waals surface area contributed by atoms with Crippen molar-refractivity contribution in [1.29, 1.82) is 0 Å². The van der Waals surface area contributed by atoms with Gasteiger partial charge < -0.3 is 15.1 Å². The smallest absolute Gasteiger partial charge is 0.368 e. The fourth-order valence-electron chi connectivity index (χ4n) is 6.94. The van der Waals surface area contributed by atoms with Crippen molar-refractivity contribution in [3.05, 3.63) is 64.7 Å². The molecule has 2 aromatic carbocycles. The van der Waals surface area contributed by atoms with E-state index in [-0.39, 0.29) is 29.3 Å². The lowest BCUT2D eigenvalue weighted by Gasteiger charge is -2.34. The van der Waals surface area contributed by atoms with E-state index in [0.717, 1.165) is 36.1 Å². The third kappa shape index (κ3) is 5.30. The Morgan fingerprint density at radius 2 is 1.45 bits per heavy atom. The predicted octanol–water partition coefficient (Wildman–Crippen LogP) is 5.48. The lowest BCUT2D eigenvalue weighted by atomic mass is 9.81. The molecule has 1 amide bonds. The first-order valence-corrected chi connectivity index (χ1v) is 15.9. The van der Waals surface area contributed by atoms with E-state index in [4.69, 9.17) is 0 Å². The van der Waals surface area contributed by atoms with Crippen molar-refractivity contribution in [2.24, 2.45) is 11.8 Å². The van der Waals surface area contributed by atoms with Crippen LogP contribution in [-0.2, 0) is 37.9 Å². The number of rotatable bonds is 6. The maximum Gasteiger partial charge on any atom is 0.435 e. The Morgan fingerprint density at radius 1 is 0.864 bits per heavy atom. The van der Waals surface area contributed by atoms with Gasteiger partial charge in [0, 0.05) is 30.5 Å². The molecule has 0 bridgehead atoms. The Hall–Kier alpha value is -2.71. The summed E-state index contributed by atoms with van der Waals surface area (Å²) in [7, 11) is -4.40. The number of likely N-dealkylation sites (tertiary alicyclic amines) is 1. The topological polar surface area (TPSA) is 94.9 Å². The first kappa shape index (κ1) is 32.7. The first-order chi connectivity index (χ1) is 20.4. The van der Waals surface area contributed by atoms with E-state index in [1.807, 2.05) is 0 Å². The molecule has 3 aliphatic rings. The molecule has 1 atom stereocenters. The number of sulfone groups is 1. The van der Waals surface area contributed by atoms with Gasteiger partial charge in [0.25, 0.3) is 0 Å². The van der Waals surface area contributed by atoms with Gasteiger partial charge in [-0.05, 0) is 80.2 Å². The Morgan fingerprint density at radius 3 is 2.02 bits per heavy atom. The van der Waals surface area contributed by atoms with Gasteiger partial charge in [-0.2, -0.15) is 26.3 Å². The minimum atomic E-state index is -6.33. The number of aliphatic hydroxyl groups is 2. The van der Waals surface area contributed by atoms with Crippen LogP contribution >= 0.6 is 0 Å². The molecular formula is C30H32F7NO5S. The molecule has 2 fully saturated rings. The van der Waals surface area contributed by atoms with Crippen LogP contribution in [0.5, 0.6) is 0 Å². The fourth-order valence-corrected chi connectivity index (χ4v) is 9.06. The summed E-state index contributed by atoms with van der Waals surface area (Å²) in [6.45, 7) is -0.460. The monoisotopic (exact) mass is 651 g/mol. The van der Waals surface area contributed by atoms with Crippen molar-refractivity contribution < 1.29 is 54.2 Å². The highest BCUT2D eigenvalue weighted by Gasteiger charge is 2.73. The van der Waals surface area contributed by atoms with Crippen molar-refractivity contribution in [3.8, 4) is 0 Å². The number of nitrogens with zero attached hydrogens (tertiary/aromatic N) is 1. The van der Waals surface area contributed by atoms with Gasteiger partial charge in [-0.15, -0.1) is 0 Å². The molecule has 2 N–H and O–H groups in total. The van der Waals surface area contributed by atoms with Crippen molar-refractivity contribution in [2.45, 2.75) is 85.3 Å². The molecule has 2 aliphatic carbocycles. The molecule has 0 spiro atoms. The molecular weight excluding hydrogens is 619 g/mol. The van der Waals surface area contributed by atoms with Crippen LogP contribution in [0.3, 0.4) is 0 Å². The summed E-state index contributed by atoms with van der Waals surface area (Å²) in [5.74, 6) is -1.28. The summed E-state index contributed by atoms with van der Waals surface area (Å²) in [6.07, 6.45) is -10.7. The number of alkyl halides is 7. The van der Waals surface area contributed by atoms with E-state index in [0.29, 0.717) is 44.2 Å². The van der Waals surface area contributed by atoms with Crippen LogP contribution in [0, 0.1) is 11.8 Å². The summed E-state index contributed by atoms with van der Waals surface area (Å²) >= 11 is 0.